The normalized spacial score (nSPS) is 31.1. The zero-order valence-electron chi connectivity index (χ0n) is 11.3. The highest BCUT2D eigenvalue weighted by atomic mass is 16.4. The maximum Gasteiger partial charge on any atom is 0.325 e. The van der Waals surface area contributed by atoms with Crippen molar-refractivity contribution >= 4 is 17.9 Å². The summed E-state index contributed by atoms with van der Waals surface area (Å²) in [5, 5.41) is 11.4. The second kappa shape index (κ2) is 4.83. The highest BCUT2D eigenvalue weighted by molar-refractivity contribution is 6.08. The third kappa shape index (κ3) is 2.43. The molecule has 19 heavy (non-hydrogen) atoms. The highest BCUT2D eigenvalue weighted by Crippen LogP contribution is 2.39. The van der Waals surface area contributed by atoms with E-state index in [0.29, 0.717) is 24.7 Å². The van der Waals surface area contributed by atoms with Crippen LogP contribution < -0.4 is 5.32 Å². The number of carboxylic acid groups (broad SMARTS) is 1. The van der Waals surface area contributed by atoms with Gasteiger partial charge in [0.2, 0.25) is 0 Å². The van der Waals surface area contributed by atoms with Crippen molar-refractivity contribution in [3.8, 4) is 0 Å². The van der Waals surface area contributed by atoms with Gasteiger partial charge in [-0.1, -0.05) is 13.8 Å². The first-order valence-electron chi connectivity index (χ1n) is 6.71. The first-order chi connectivity index (χ1) is 8.85. The van der Waals surface area contributed by atoms with Crippen molar-refractivity contribution in [2.45, 2.75) is 45.1 Å². The smallest absolute Gasteiger partial charge is 0.325 e. The molecule has 1 heterocycles. The van der Waals surface area contributed by atoms with E-state index >= 15 is 0 Å². The van der Waals surface area contributed by atoms with Crippen LogP contribution >= 0.6 is 0 Å². The summed E-state index contributed by atoms with van der Waals surface area (Å²) in [5.74, 6) is -0.401. The molecule has 1 aliphatic heterocycles. The summed E-state index contributed by atoms with van der Waals surface area (Å²) in [4.78, 5) is 35.5. The van der Waals surface area contributed by atoms with Crippen molar-refractivity contribution in [3.05, 3.63) is 0 Å². The number of imide groups is 1. The lowest BCUT2D eigenvalue weighted by Gasteiger charge is -2.36. The van der Waals surface area contributed by atoms with E-state index in [1.807, 2.05) is 0 Å². The largest absolute Gasteiger partial charge is 0.480 e. The summed E-state index contributed by atoms with van der Waals surface area (Å²) in [6, 6.07) is -0.574. The third-order valence-corrected chi connectivity index (χ3v) is 4.37. The van der Waals surface area contributed by atoms with Crippen molar-refractivity contribution in [1.82, 2.24) is 10.2 Å². The maximum absolute atomic E-state index is 12.3. The van der Waals surface area contributed by atoms with Gasteiger partial charge in [0.05, 0.1) is 0 Å². The SMILES string of the molecule is CC(C)C1CCC2(CC1)NC(=O)N(CC(=O)O)C2=O. The molecule has 0 aromatic carbocycles. The lowest BCUT2D eigenvalue weighted by atomic mass is 9.73. The van der Waals surface area contributed by atoms with Gasteiger partial charge in [0.1, 0.15) is 12.1 Å². The number of carbonyl (C=O) groups excluding carboxylic acids is 2. The Hall–Kier alpha value is -1.59. The number of aliphatic carboxylic acids is 1. The number of hydrogen-bond acceptors (Lipinski definition) is 3. The van der Waals surface area contributed by atoms with Crippen LogP contribution in [-0.4, -0.2) is 40.0 Å². The molecule has 1 saturated carbocycles. The number of nitrogens with one attached hydrogen (secondary N) is 1. The Labute approximate surface area is 112 Å². The molecule has 0 atom stereocenters. The summed E-state index contributed by atoms with van der Waals surface area (Å²) < 4.78 is 0. The fraction of sp³-hybridized carbons (Fsp3) is 0.769. The summed E-state index contributed by atoms with van der Waals surface area (Å²) in [5.41, 5.74) is -0.849. The number of rotatable bonds is 3. The summed E-state index contributed by atoms with van der Waals surface area (Å²) in [7, 11) is 0. The van der Waals surface area contributed by atoms with Crippen molar-refractivity contribution in [3.63, 3.8) is 0 Å². The number of carbonyl (C=O) groups is 3. The van der Waals surface area contributed by atoms with Crippen LogP contribution in [0, 0.1) is 11.8 Å². The quantitative estimate of drug-likeness (QED) is 0.753. The predicted octanol–water partition coefficient (Wildman–Crippen LogP) is 1.21. The summed E-state index contributed by atoms with van der Waals surface area (Å²) in [6.07, 6.45) is 3.00. The van der Waals surface area contributed by atoms with Gasteiger partial charge in [-0.3, -0.25) is 14.5 Å². The molecule has 1 spiro atoms. The van der Waals surface area contributed by atoms with Crippen molar-refractivity contribution in [2.24, 2.45) is 11.8 Å². The molecule has 2 N–H and O–H groups in total. The van der Waals surface area contributed by atoms with E-state index in [9.17, 15) is 14.4 Å². The molecule has 0 unspecified atom stereocenters. The molecule has 0 aromatic heterocycles. The maximum atomic E-state index is 12.3. The van der Waals surface area contributed by atoms with Gasteiger partial charge in [-0.15, -0.1) is 0 Å². The Balaban J connectivity index is 2.09. The van der Waals surface area contributed by atoms with Crippen LogP contribution in [0.2, 0.25) is 0 Å². The fourth-order valence-corrected chi connectivity index (χ4v) is 3.09. The van der Waals surface area contributed by atoms with Gasteiger partial charge in [0.15, 0.2) is 0 Å². The molecule has 1 aliphatic carbocycles. The Kier molecular flexibility index (Phi) is 3.52. The lowest BCUT2D eigenvalue weighted by Crippen LogP contribution is -2.50. The monoisotopic (exact) mass is 268 g/mol. The van der Waals surface area contributed by atoms with Gasteiger partial charge in [0.25, 0.3) is 5.91 Å². The van der Waals surface area contributed by atoms with Crippen molar-refractivity contribution in [1.29, 1.82) is 0 Å². The average molecular weight is 268 g/mol. The Morgan fingerprint density at radius 3 is 2.47 bits per heavy atom. The fourth-order valence-electron chi connectivity index (χ4n) is 3.09. The van der Waals surface area contributed by atoms with E-state index < -0.39 is 24.1 Å². The Morgan fingerprint density at radius 1 is 1.42 bits per heavy atom. The van der Waals surface area contributed by atoms with Crippen molar-refractivity contribution < 1.29 is 19.5 Å². The van der Waals surface area contributed by atoms with E-state index in [1.54, 1.807) is 0 Å². The Morgan fingerprint density at radius 2 is 2.00 bits per heavy atom. The Bertz CT molecular complexity index is 411. The van der Waals surface area contributed by atoms with Crippen molar-refractivity contribution in [2.75, 3.05) is 6.54 Å². The van der Waals surface area contributed by atoms with E-state index in [2.05, 4.69) is 19.2 Å². The molecule has 0 bridgehead atoms. The van der Waals surface area contributed by atoms with Crippen LogP contribution in [0.1, 0.15) is 39.5 Å². The van der Waals surface area contributed by atoms with Gasteiger partial charge < -0.3 is 10.4 Å². The van der Waals surface area contributed by atoms with E-state index in [-0.39, 0.29) is 5.91 Å². The van der Waals surface area contributed by atoms with Gasteiger partial charge in [-0.05, 0) is 37.5 Å². The first kappa shape index (κ1) is 13.8. The van der Waals surface area contributed by atoms with E-state index in [0.717, 1.165) is 17.7 Å². The zero-order valence-corrected chi connectivity index (χ0v) is 11.3. The molecular weight excluding hydrogens is 248 g/mol. The molecule has 1 saturated heterocycles. The number of urea groups is 1. The second-order valence-electron chi connectivity index (χ2n) is 5.88. The molecule has 0 aromatic rings. The standard InChI is InChI=1S/C13H20N2O4/c1-8(2)9-3-5-13(6-4-9)11(18)15(7-10(16)17)12(19)14-13/h8-9H,3-7H2,1-2H3,(H,14,19)(H,16,17). The van der Waals surface area contributed by atoms with Crippen LogP contribution in [0.15, 0.2) is 0 Å². The number of hydrogen-bond donors (Lipinski definition) is 2. The molecule has 3 amide bonds. The molecule has 6 heteroatoms. The lowest BCUT2D eigenvalue weighted by molar-refractivity contribution is -0.143. The minimum absolute atomic E-state index is 0.373. The first-order valence-corrected chi connectivity index (χ1v) is 6.71. The molecule has 6 nitrogen and oxygen atoms in total. The minimum atomic E-state index is -1.17. The zero-order chi connectivity index (χ0) is 14.2. The molecule has 106 valence electrons. The van der Waals surface area contributed by atoms with Crippen LogP contribution in [0.4, 0.5) is 4.79 Å². The third-order valence-electron chi connectivity index (χ3n) is 4.37. The van der Waals surface area contributed by atoms with E-state index in [1.165, 1.54) is 0 Å². The second-order valence-corrected chi connectivity index (χ2v) is 5.88. The van der Waals surface area contributed by atoms with Gasteiger partial charge in [-0.25, -0.2) is 4.79 Å². The highest BCUT2D eigenvalue weighted by Gasteiger charge is 2.52. The number of amides is 3. The molecule has 2 fully saturated rings. The van der Waals surface area contributed by atoms with Gasteiger partial charge in [0, 0.05) is 0 Å². The minimum Gasteiger partial charge on any atom is -0.480 e. The average Bonchev–Trinajstić information content (AvgIpc) is 2.54. The van der Waals surface area contributed by atoms with Crippen LogP contribution in [0.5, 0.6) is 0 Å². The summed E-state index contributed by atoms with van der Waals surface area (Å²) >= 11 is 0. The van der Waals surface area contributed by atoms with Crippen LogP contribution in [0.25, 0.3) is 0 Å². The van der Waals surface area contributed by atoms with Crippen LogP contribution in [-0.2, 0) is 9.59 Å². The topological polar surface area (TPSA) is 86.7 Å². The van der Waals surface area contributed by atoms with Crippen LogP contribution in [0.3, 0.4) is 0 Å². The predicted molar refractivity (Wildman–Crippen MR) is 67.4 cm³/mol. The molecule has 0 radical (unpaired) electrons. The van der Waals surface area contributed by atoms with Gasteiger partial charge >= 0.3 is 12.0 Å². The van der Waals surface area contributed by atoms with Gasteiger partial charge in [-0.2, -0.15) is 0 Å². The number of carboxylic acids is 1. The number of nitrogens with zero attached hydrogens (tertiary/aromatic N) is 1. The molecule has 2 aliphatic rings. The molecule has 2 rings (SSSR count). The molecular formula is C13H20N2O4. The van der Waals surface area contributed by atoms with E-state index in [4.69, 9.17) is 5.11 Å². The summed E-state index contributed by atoms with van der Waals surface area (Å²) in [6.45, 7) is 3.77.